The van der Waals surface area contributed by atoms with Crippen molar-refractivity contribution < 1.29 is 0 Å². The lowest BCUT2D eigenvalue weighted by Gasteiger charge is -2.42. The molecule has 0 spiro atoms. The quantitative estimate of drug-likeness (QED) is 0.302. The zero-order valence-corrected chi connectivity index (χ0v) is 20.2. The van der Waals surface area contributed by atoms with Gasteiger partial charge in [0.1, 0.15) is 0 Å². The number of aryl methyl sites for hydroxylation is 1. The largest absolute Gasteiger partial charge is 0.307 e. The van der Waals surface area contributed by atoms with Gasteiger partial charge in [-0.2, -0.15) is 0 Å². The Kier molecular flexibility index (Phi) is 5.98. The maximum Gasteiger partial charge on any atom is 0.258 e. The molecule has 0 amide bonds. The molecule has 0 saturated carbocycles. The average Bonchev–Trinajstić information content (AvgIpc) is 2.83. The Morgan fingerprint density at radius 1 is 0.697 bits per heavy atom. The third kappa shape index (κ3) is 4.30. The SMILES string of the molecule is CC(C)(C)N1CCN(CCCCn2c(=O)c3ccccc3c3ccc4ccccc4c32)CC1. The van der Waals surface area contributed by atoms with Crippen molar-refractivity contribution in [1.82, 2.24) is 14.4 Å². The van der Waals surface area contributed by atoms with E-state index in [1.54, 1.807) is 0 Å². The Morgan fingerprint density at radius 3 is 2.06 bits per heavy atom. The maximum absolute atomic E-state index is 13.6. The molecule has 1 aliphatic heterocycles. The van der Waals surface area contributed by atoms with E-state index >= 15 is 0 Å². The lowest BCUT2D eigenvalue weighted by Crippen LogP contribution is -2.53. The number of pyridine rings is 1. The molecule has 33 heavy (non-hydrogen) atoms. The molecule has 1 saturated heterocycles. The Balaban J connectivity index is 1.38. The van der Waals surface area contributed by atoms with Crippen LogP contribution in [0.15, 0.2) is 65.5 Å². The van der Waals surface area contributed by atoms with Crippen LogP contribution in [0.5, 0.6) is 0 Å². The zero-order valence-electron chi connectivity index (χ0n) is 20.2. The van der Waals surface area contributed by atoms with Crippen LogP contribution in [-0.2, 0) is 6.54 Å². The Bertz CT molecular complexity index is 1340. The van der Waals surface area contributed by atoms with Gasteiger partial charge in [0, 0.05) is 54.4 Å². The first-order valence-corrected chi connectivity index (χ1v) is 12.3. The normalized spacial score (nSPS) is 16.2. The van der Waals surface area contributed by atoms with Crippen LogP contribution >= 0.6 is 0 Å². The van der Waals surface area contributed by atoms with Gasteiger partial charge in [-0.1, -0.05) is 54.6 Å². The van der Waals surface area contributed by atoms with Gasteiger partial charge in [0.15, 0.2) is 0 Å². The van der Waals surface area contributed by atoms with Crippen molar-refractivity contribution in [3.63, 3.8) is 0 Å². The number of piperazine rings is 1. The number of hydrogen-bond acceptors (Lipinski definition) is 3. The number of unbranched alkanes of at least 4 members (excludes halogenated alkanes) is 1. The summed E-state index contributed by atoms with van der Waals surface area (Å²) in [6.07, 6.45) is 2.12. The summed E-state index contributed by atoms with van der Waals surface area (Å²) < 4.78 is 2.04. The van der Waals surface area contributed by atoms with Crippen LogP contribution in [0.1, 0.15) is 33.6 Å². The highest BCUT2D eigenvalue weighted by molar-refractivity contribution is 6.15. The number of nitrogens with zero attached hydrogens (tertiary/aromatic N) is 3. The van der Waals surface area contributed by atoms with E-state index in [-0.39, 0.29) is 11.1 Å². The highest BCUT2D eigenvalue weighted by Gasteiger charge is 2.25. The number of hydrogen-bond donors (Lipinski definition) is 0. The summed E-state index contributed by atoms with van der Waals surface area (Å²) in [4.78, 5) is 18.7. The molecule has 4 heteroatoms. The van der Waals surface area contributed by atoms with Gasteiger partial charge in [0.25, 0.3) is 5.56 Å². The standard InChI is InChI=1S/C29H35N3O/c1-29(2,3)31-20-18-30(19-21-31)16-8-9-17-32-27-23-11-5-4-10-22(23)14-15-25(27)24-12-6-7-13-26(24)28(32)33/h4-7,10-15H,8-9,16-21H2,1-3H3. The Labute approximate surface area is 196 Å². The van der Waals surface area contributed by atoms with Crippen LogP contribution in [0, 0.1) is 0 Å². The molecule has 0 unspecified atom stereocenters. The summed E-state index contributed by atoms with van der Waals surface area (Å²) >= 11 is 0. The molecule has 0 N–H and O–H groups in total. The predicted octanol–water partition coefficient (Wildman–Crippen LogP) is 5.50. The lowest BCUT2D eigenvalue weighted by molar-refractivity contribution is 0.0615. The molecular formula is C29H35N3O. The van der Waals surface area contributed by atoms with Crippen molar-refractivity contribution >= 4 is 32.4 Å². The third-order valence-electron chi connectivity index (χ3n) is 7.29. The van der Waals surface area contributed by atoms with Gasteiger partial charge < -0.3 is 9.47 Å². The molecule has 172 valence electrons. The second-order valence-electron chi connectivity index (χ2n) is 10.4. The smallest absolute Gasteiger partial charge is 0.258 e. The fraction of sp³-hybridized carbons (Fsp3) is 0.414. The second-order valence-corrected chi connectivity index (χ2v) is 10.4. The Hall–Kier alpha value is -2.69. The maximum atomic E-state index is 13.6. The number of fused-ring (bicyclic) bond motifs is 5. The molecule has 2 heterocycles. The van der Waals surface area contributed by atoms with Gasteiger partial charge in [-0.25, -0.2) is 0 Å². The van der Waals surface area contributed by atoms with Crippen molar-refractivity contribution in [2.45, 2.75) is 45.7 Å². The van der Waals surface area contributed by atoms with Crippen LogP contribution in [0.4, 0.5) is 0 Å². The van der Waals surface area contributed by atoms with Crippen molar-refractivity contribution in [3.8, 4) is 0 Å². The summed E-state index contributed by atoms with van der Waals surface area (Å²) in [5, 5.41) is 5.39. The fourth-order valence-electron chi connectivity index (χ4n) is 5.38. The summed E-state index contributed by atoms with van der Waals surface area (Å²) in [7, 11) is 0. The second kappa shape index (κ2) is 8.92. The third-order valence-corrected chi connectivity index (χ3v) is 7.29. The molecule has 5 rings (SSSR count). The molecule has 4 aromatic rings. The first kappa shape index (κ1) is 22.1. The van der Waals surface area contributed by atoms with Gasteiger partial charge >= 0.3 is 0 Å². The van der Waals surface area contributed by atoms with E-state index in [2.05, 4.69) is 73.0 Å². The Morgan fingerprint density at radius 2 is 1.33 bits per heavy atom. The van der Waals surface area contributed by atoms with E-state index in [9.17, 15) is 4.79 Å². The number of rotatable bonds is 5. The minimum Gasteiger partial charge on any atom is -0.307 e. The monoisotopic (exact) mass is 441 g/mol. The molecule has 0 aliphatic carbocycles. The van der Waals surface area contributed by atoms with Gasteiger partial charge in [0.05, 0.1) is 5.52 Å². The van der Waals surface area contributed by atoms with Gasteiger partial charge in [-0.3, -0.25) is 9.69 Å². The molecule has 3 aromatic carbocycles. The van der Waals surface area contributed by atoms with Crippen molar-refractivity contribution in [3.05, 3.63) is 71.0 Å². The molecule has 1 aromatic heterocycles. The van der Waals surface area contributed by atoms with E-state index in [1.807, 2.05) is 22.8 Å². The van der Waals surface area contributed by atoms with Crippen LogP contribution < -0.4 is 5.56 Å². The highest BCUT2D eigenvalue weighted by Crippen LogP contribution is 2.29. The number of benzene rings is 3. The average molecular weight is 442 g/mol. The van der Waals surface area contributed by atoms with Crippen molar-refractivity contribution in [2.75, 3.05) is 32.7 Å². The van der Waals surface area contributed by atoms with Crippen LogP contribution in [0.25, 0.3) is 32.4 Å². The van der Waals surface area contributed by atoms with Crippen LogP contribution in [-0.4, -0.2) is 52.6 Å². The molecule has 0 radical (unpaired) electrons. The molecule has 0 bridgehead atoms. The van der Waals surface area contributed by atoms with Gasteiger partial charge in [0.2, 0.25) is 0 Å². The fourth-order valence-corrected chi connectivity index (χ4v) is 5.38. The molecule has 0 atom stereocenters. The van der Waals surface area contributed by atoms with Crippen LogP contribution in [0.3, 0.4) is 0 Å². The minimum absolute atomic E-state index is 0.133. The van der Waals surface area contributed by atoms with Gasteiger partial charge in [-0.15, -0.1) is 0 Å². The highest BCUT2D eigenvalue weighted by atomic mass is 16.1. The molecule has 1 aliphatic rings. The van der Waals surface area contributed by atoms with Gasteiger partial charge in [-0.05, 0) is 57.0 Å². The summed E-state index contributed by atoms with van der Waals surface area (Å²) in [5.41, 5.74) is 1.47. The summed E-state index contributed by atoms with van der Waals surface area (Å²) in [6, 6.07) is 20.8. The van der Waals surface area contributed by atoms with E-state index in [0.29, 0.717) is 0 Å². The summed E-state index contributed by atoms with van der Waals surface area (Å²) in [5.74, 6) is 0. The number of aromatic nitrogens is 1. The van der Waals surface area contributed by atoms with E-state index < -0.39 is 0 Å². The first-order chi connectivity index (χ1) is 15.9. The van der Waals surface area contributed by atoms with Crippen LogP contribution in [0.2, 0.25) is 0 Å². The van der Waals surface area contributed by atoms with Crippen molar-refractivity contribution in [1.29, 1.82) is 0 Å². The van der Waals surface area contributed by atoms with Crippen molar-refractivity contribution in [2.24, 2.45) is 0 Å². The first-order valence-electron chi connectivity index (χ1n) is 12.3. The molecular weight excluding hydrogens is 406 g/mol. The topological polar surface area (TPSA) is 28.5 Å². The predicted molar refractivity (Wildman–Crippen MR) is 140 cm³/mol. The molecule has 4 nitrogen and oxygen atoms in total. The van der Waals surface area contributed by atoms with E-state index in [1.165, 1.54) is 10.8 Å². The van der Waals surface area contributed by atoms with E-state index in [4.69, 9.17) is 0 Å². The minimum atomic E-state index is 0.133. The zero-order chi connectivity index (χ0) is 23.0. The lowest BCUT2D eigenvalue weighted by atomic mass is 10.0. The summed E-state index contributed by atoms with van der Waals surface area (Å²) in [6.45, 7) is 13.3. The van der Waals surface area contributed by atoms with E-state index in [0.717, 1.165) is 73.8 Å². The molecule has 1 fully saturated rings.